The van der Waals surface area contributed by atoms with Crippen LogP contribution < -0.4 is 14.8 Å². The molecule has 24 heavy (non-hydrogen) atoms. The van der Waals surface area contributed by atoms with Crippen molar-refractivity contribution in [3.63, 3.8) is 0 Å². The Labute approximate surface area is 147 Å². The molecule has 5 heteroatoms. The Morgan fingerprint density at radius 1 is 0.958 bits per heavy atom. The van der Waals surface area contributed by atoms with Gasteiger partial charge in [0.2, 0.25) is 0 Å². The third-order valence-corrected chi connectivity index (χ3v) is 4.36. The van der Waals surface area contributed by atoms with Gasteiger partial charge >= 0.3 is 0 Å². The quantitative estimate of drug-likeness (QED) is 0.482. The minimum absolute atomic E-state index is 0.188. The van der Waals surface area contributed by atoms with E-state index in [1.165, 1.54) is 12.1 Å². The highest BCUT2D eigenvalue weighted by Crippen LogP contribution is 2.26. The highest BCUT2D eigenvalue weighted by molar-refractivity contribution is 7.99. The van der Waals surface area contributed by atoms with E-state index in [1.807, 2.05) is 43.3 Å². The van der Waals surface area contributed by atoms with Gasteiger partial charge in [-0.15, -0.1) is 11.8 Å². The molecule has 0 aliphatic carbocycles. The van der Waals surface area contributed by atoms with E-state index in [9.17, 15) is 4.39 Å². The van der Waals surface area contributed by atoms with Crippen LogP contribution >= 0.6 is 11.8 Å². The summed E-state index contributed by atoms with van der Waals surface area (Å²) in [5.41, 5.74) is 0. The second kappa shape index (κ2) is 10.9. The average molecular weight is 349 g/mol. The number of hydrogen-bond donors (Lipinski definition) is 1. The Balaban J connectivity index is 1.53. The maximum absolute atomic E-state index is 12.8. The van der Waals surface area contributed by atoms with Gasteiger partial charge in [0.05, 0.1) is 6.61 Å². The van der Waals surface area contributed by atoms with Gasteiger partial charge in [-0.2, -0.15) is 0 Å². The topological polar surface area (TPSA) is 30.5 Å². The molecule has 1 N–H and O–H groups in total. The van der Waals surface area contributed by atoms with Crippen LogP contribution in [0.25, 0.3) is 0 Å². The molecular weight excluding hydrogens is 325 g/mol. The summed E-state index contributed by atoms with van der Waals surface area (Å²) in [6.07, 6.45) is 1.05. The van der Waals surface area contributed by atoms with E-state index < -0.39 is 0 Å². The van der Waals surface area contributed by atoms with E-state index in [0.29, 0.717) is 13.2 Å². The fraction of sp³-hybridized carbons (Fsp3) is 0.368. The molecule has 0 atom stereocenters. The van der Waals surface area contributed by atoms with Crippen LogP contribution in [0.1, 0.15) is 13.3 Å². The first-order chi connectivity index (χ1) is 11.8. The number of thioether (sulfide) groups is 1. The molecule has 0 bridgehead atoms. The monoisotopic (exact) mass is 349 g/mol. The number of benzene rings is 2. The van der Waals surface area contributed by atoms with E-state index in [4.69, 9.17) is 9.47 Å². The number of hydrogen-bond acceptors (Lipinski definition) is 4. The Morgan fingerprint density at radius 3 is 2.38 bits per heavy atom. The maximum atomic E-state index is 12.8. The number of nitrogens with one attached hydrogen (secondary N) is 1. The molecule has 130 valence electrons. The van der Waals surface area contributed by atoms with Gasteiger partial charge in [0.15, 0.2) is 11.5 Å². The van der Waals surface area contributed by atoms with Crippen molar-refractivity contribution in [3.8, 4) is 11.5 Å². The van der Waals surface area contributed by atoms with Crippen LogP contribution in [0, 0.1) is 5.82 Å². The molecule has 0 aromatic heterocycles. The van der Waals surface area contributed by atoms with Crippen molar-refractivity contribution in [2.75, 3.05) is 32.1 Å². The van der Waals surface area contributed by atoms with E-state index in [0.717, 1.165) is 41.7 Å². The molecule has 0 heterocycles. The largest absolute Gasteiger partial charge is 0.490 e. The van der Waals surface area contributed by atoms with Crippen molar-refractivity contribution in [1.29, 1.82) is 0 Å². The third-order valence-electron chi connectivity index (χ3n) is 3.27. The number of para-hydroxylation sites is 2. The van der Waals surface area contributed by atoms with Gasteiger partial charge in [0.25, 0.3) is 0 Å². The molecule has 2 rings (SSSR count). The standard InChI is InChI=1S/C19H24FNO2S/c1-2-22-18-6-3-4-7-19(18)23-14-13-21-12-5-15-24-17-10-8-16(20)9-11-17/h3-4,6-11,21H,2,5,12-15H2,1H3. The Bertz CT molecular complexity index is 592. The van der Waals surface area contributed by atoms with Gasteiger partial charge in [-0.25, -0.2) is 4.39 Å². The second-order valence-electron chi connectivity index (χ2n) is 5.13. The van der Waals surface area contributed by atoms with Crippen molar-refractivity contribution in [3.05, 3.63) is 54.3 Å². The van der Waals surface area contributed by atoms with Gasteiger partial charge in [0.1, 0.15) is 12.4 Å². The molecule has 0 amide bonds. The van der Waals surface area contributed by atoms with Crippen LogP contribution in [-0.2, 0) is 0 Å². The van der Waals surface area contributed by atoms with Gasteiger partial charge < -0.3 is 14.8 Å². The van der Waals surface area contributed by atoms with Crippen molar-refractivity contribution in [2.24, 2.45) is 0 Å². The van der Waals surface area contributed by atoms with Crippen LogP contribution in [0.4, 0.5) is 4.39 Å². The lowest BCUT2D eigenvalue weighted by molar-refractivity contribution is 0.276. The molecule has 0 spiro atoms. The van der Waals surface area contributed by atoms with Crippen molar-refractivity contribution < 1.29 is 13.9 Å². The SMILES string of the molecule is CCOc1ccccc1OCCNCCCSc1ccc(F)cc1. The average Bonchev–Trinajstić information content (AvgIpc) is 2.60. The molecule has 0 saturated carbocycles. The molecule has 0 fully saturated rings. The lowest BCUT2D eigenvalue weighted by atomic mass is 10.3. The van der Waals surface area contributed by atoms with Gasteiger partial charge in [-0.3, -0.25) is 0 Å². The molecule has 2 aromatic carbocycles. The van der Waals surface area contributed by atoms with Gasteiger partial charge in [-0.05, 0) is 62.0 Å². The smallest absolute Gasteiger partial charge is 0.161 e. The molecule has 0 aliphatic heterocycles. The minimum atomic E-state index is -0.188. The highest BCUT2D eigenvalue weighted by Gasteiger charge is 2.02. The van der Waals surface area contributed by atoms with Crippen LogP contribution in [0.15, 0.2) is 53.4 Å². The molecular formula is C19H24FNO2S. The molecule has 0 saturated heterocycles. The molecule has 0 radical (unpaired) electrons. The normalized spacial score (nSPS) is 10.6. The summed E-state index contributed by atoms with van der Waals surface area (Å²) in [6, 6.07) is 14.3. The number of rotatable bonds is 11. The van der Waals surface area contributed by atoms with E-state index in [2.05, 4.69) is 5.32 Å². The minimum Gasteiger partial charge on any atom is -0.490 e. The van der Waals surface area contributed by atoms with E-state index >= 15 is 0 Å². The van der Waals surface area contributed by atoms with Crippen molar-refractivity contribution in [1.82, 2.24) is 5.32 Å². The van der Waals surface area contributed by atoms with Crippen LogP contribution in [0.2, 0.25) is 0 Å². The van der Waals surface area contributed by atoms with Crippen LogP contribution in [-0.4, -0.2) is 32.1 Å². The zero-order chi connectivity index (χ0) is 17.0. The number of halogens is 1. The predicted octanol–water partition coefficient (Wildman–Crippen LogP) is 4.38. The van der Waals surface area contributed by atoms with Crippen molar-refractivity contribution in [2.45, 2.75) is 18.2 Å². The summed E-state index contributed by atoms with van der Waals surface area (Å²) in [4.78, 5) is 1.10. The van der Waals surface area contributed by atoms with E-state index in [1.54, 1.807) is 11.8 Å². The zero-order valence-corrected chi connectivity index (χ0v) is 14.8. The Hall–Kier alpha value is -1.72. The predicted molar refractivity (Wildman–Crippen MR) is 97.7 cm³/mol. The maximum Gasteiger partial charge on any atom is 0.161 e. The van der Waals surface area contributed by atoms with Crippen LogP contribution in [0.3, 0.4) is 0 Å². The Morgan fingerprint density at radius 2 is 1.67 bits per heavy atom. The van der Waals surface area contributed by atoms with Gasteiger partial charge in [-0.1, -0.05) is 12.1 Å². The molecule has 3 nitrogen and oxygen atoms in total. The van der Waals surface area contributed by atoms with Crippen molar-refractivity contribution >= 4 is 11.8 Å². The van der Waals surface area contributed by atoms with Gasteiger partial charge in [0, 0.05) is 11.4 Å². The highest BCUT2D eigenvalue weighted by atomic mass is 32.2. The summed E-state index contributed by atoms with van der Waals surface area (Å²) in [5, 5.41) is 3.36. The third kappa shape index (κ3) is 6.81. The Kier molecular flexibility index (Phi) is 8.49. The molecule has 0 aliphatic rings. The fourth-order valence-electron chi connectivity index (χ4n) is 2.12. The number of ether oxygens (including phenoxy) is 2. The first-order valence-electron chi connectivity index (χ1n) is 8.23. The first-order valence-corrected chi connectivity index (χ1v) is 9.22. The fourth-order valence-corrected chi connectivity index (χ4v) is 2.97. The lowest BCUT2D eigenvalue weighted by Crippen LogP contribution is -2.22. The molecule has 2 aromatic rings. The van der Waals surface area contributed by atoms with E-state index in [-0.39, 0.29) is 5.82 Å². The lowest BCUT2D eigenvalue weighted by Gasteiger charge is -2.11. The molecule has 0 unspecified atom stereocenters. The summed E-state index contributed by atoms with van der Waals surface area (Å²) in [6.45, 7) is 4.92. The summed E-state index contributed by atoms with van der Waals surface area (Å²) in [5.74, 6) is 2.39. The second-order valence-corrected chi connectivity index (χ2v) is 6.30. The zero-order valence-electron chi connectivity index (χ0n) is 14.0. The summed E-state index contributed by atoms with van der Waals surface area (Å²) < 4.78 is 24.1. The summed E-state index contributed by atoms with van der Waals surface area (Å²) in [7, 11) is 0. The van der Waals surface area contributed by atoms with Crippen LogP contribution in [0.5, 0.6) is 11.5 Å². The summed E-state index contributed by atoms with van der Waals surface area (Å²) >= 11 is 1.74. The first kappa shape index (κ1) is 18.6.